The second-order valence-electron chi connectivity index (χ2n) is 11.5. The molecule has 0 aromatic heterocycles. The summed E-state index contributed by atoms with van der Waals surface area (Å²) >= 11 is 0. The molecule has 0 N–H and O–H groups in total. The third-order valence-corrected chi connectivity index (χ3v) is 13.4. The Morgan fingerprint density at radius 2 is 1.19 bits per heavy atom. The molecule has 1 aliphatic rings. The summed E-state index contributed by atoms with van der Waals surface area (Å²) in [4.78, 5) is 0. The Kier molecular flexibility index (Phi) is 10.1. The standard InChI is InChI=1S/C38H45NO2P/c1-3-5-26-38(27-6-4-2)37-30-33(25-24-32(37)31-39(38)40)41-28-16-17-29-42(34-18-10-7-11-19-34,35-20-12-8-13-21-35)36-22-14-9-15-23-36/h7-15,18-25,30-31H,3-6,16-17,26-29H2,1-2H3/q+1. The number of fused-ring (bicyclic) bond motifs is 1. The lowest BCUT2D eigenvalue weighted by molar-refractivity contribution is -0.554. The first kappa shape index (κ1) is 30.1. The minimum Gasteiger partial charge on any atom is -0.623 e. The zero-order valence-corrected chi connectivity index (χ0v) is 26.1. The molecule has 1 aliphatic heterocycles. The maximum Gasteiger partial charge on any atom is 0.199 e. The van der Waals surface area contributed by atoms with E-state index in [4.69, 9.17) is 4.74 Å². The van der Waals surface area contributed by atoms with Crippen LogP contribution in [0.5, 0.6) is 5.75 Å². The third-order valence-electron chi connectivity index (χ3n) is 8.84. The minimum atomic E-state index is -1.82. The van der Waals surface area contributed by atoms with Crippen LogP contribution in [0.4, 0.5) is 0 Å². The van der Waals surface area contributed by atoms with Gasteiger partial charge in [0.25, 0.3) is 0 Å². The number of hydroxylamine groups is 1. The number of ether oxygens (including phenoxy) is 1. The summed E-state index contributed by atoms with van der Waals surface area (Å²) in [5.74, 6) is 0.880. The monoisotopic (exact) mass is 578 g/mol. The summed E-state index contributed by atoms with van der Waals surface area (Å²) in [5, 5.41) is 17.5. The predicted octanol–water partition coefficient (Wildman–Crippen LogP) is 8.36. The molecule has 4 aromatic rings. The molecule has 218 valence electrons. The van der Waals surface area contributed by atoms with Gasteiger partial charge in [0.1, 0.15) is 28.9 Å². The molecule has 0 radical (unpaired) electrons. The Bertz CT molecular complexity index is 1330. The molecule has 4 aromatic carbocycles. The fraction of sp³-hybridized carbons (Fsp3) is 0.342. The first-order chi connectivity index (χ1) is 20.6. The van der Waals surface area contributed by atoms with Crippen LogP contribution in [0.2, 0.25) is 0 Å². The molecule has 0 saturated carbocycles. The number of unbranched alkanes of at least 4 members (excludes halogenated alkanes) is 3. The van der Waals surface area contributed by atoms with E-state index in [2.05, 4.69) is 117 Å². The van der Waals surface area contributed by atoms with Crippen molar-refractivity contribution in [3.63, 3.8) is 0 Å². The Morgan fingerprint density at radius 1 is 0.667 bits per heavy atom. The molecule has 0 atom stereocenters. The lowest BCUT2D eigenvalue weighted by Gasteiger charge is -2.29. The van der Waals surface area contributed by atoms with Crippen LogP contribution in [0.1, 0.15) is 76.3 Å². The fourth-order valence-corrected chi connectivity index (χ4v) is 11.0. The van der Waals surface area contributed by atoms with Crippen LogP contribution in [0, 0.1) is 5.21 Å². The Hall–Kier alpha value is -3.42. The van der Waals surface area contributed by atoms with Gasteiger partial charge in [0.05, 0.1) is 12.8 Å². The second-order valence-corrected chi connectivity index (χ2v) is 15.2. The molecule has 0 bridgehead atoms. The van der Waals surface area contributed by atoms with Crippen molar-refractivity contribution in [3.8, 4) is 5.75 Å². The summed E-state index contributed by atoms with van der Waals surface area (Å²) in [6.45, 7) is 5.07. The average Bonchev–Trinajstić information content (AvgIpc) is 3.32. The normalized spacial score (nSPS) is 13.9. The zero-order chi connectivity index (χ0) is 29.3. The van der Waals surface area contributed by atoms with Crippen molar-refractivity contribution in [1.29, 1.82) is 0 Å². The molecule has 0 aliphatic carbocycles. The van der Waals surface area contributed by atoms with Crippen LogP contribution in [-0.4, -0.2) is 23.7 Å². The van der Waals surface area contributed by atoms with Gasteiger partial charge in [-0.25, -0.2) is 4.74 Å². The molecule has 0 fully saturated rings. The maximum atomic E-state index is 13.2. The first-order valence-corrected chi connectivity index (χ1v) is 17.7. The van der Waals surface area contributed by atoms with Crippen LogP contribution in [0.15, 0.2) is 109 Å². The number of rotatable bonds is 15. The third kappa shape index (κ3) is 6.18. The highest BCUT2D eigenvalue weighted by atomic mass is 31.2. The smallest absolute Gasteiger partial charge is 0.199 e. The van der Waals surface area contributed by atoms with E-state index >= 15 is 0 Å². The van der Waals surface area contributed by atoms with Gasteiger partial charge >= 0.3 is 0 Å². The van der Waals surface area contributed by atoms with Crippen molar-refractivity contribution in [3.05, 3.63) is 126 Å². The lowest BCUT2D eigenvalue weighted by atomic mass is 9.81. The van der Waals surface area contributed by atoms with Gasteiger partial charge in [-0.1, -0.05) is 81.3 Å². The van der Waals surface area contributed by atoms with E-state index in [1.165, 1.54) is 20.7 Å². The summed E-state index contributed by atoms with van der Waals surface area (Å²) in [6, 6.07) is 39.5. The number of benzene rings is 4. The molecule has 0 spiro atoms. The van der Waals surface area contributed by atoms with E-state index in [9.17, 15) is 5.21 Å². The maximum absolute atomic E-state index is 13.2. The van der Waals surface area contributed by atoms with Crippen molar-refractivity contribution in [1.82, 2.24) is 0 Å². The van der Waals surface area contributed by atoms with E-state index in [0.717, 1.165) is 74.4 Å². The van der Waals surface area contributed by atoms with E-state index < -0.39 is 12.8 Å². The van der Waals surface area contributed by atoms with Crippen LogP contribution in [0.25, 0.3) is 0 Å². The number of hydrogen-bond donors (Lipinski definition) is 0. The largest absolute Gasteiger partial charge is 0.623 e. The molecule has 0 amide bonds. The van der Waals surface area contributed by atoms with Crippen molar-refractivity contribution >= 4 is 29.4 Å². The summed E-state index contributed by atoms with van der Waals surface area (Å²) in [7, 11) is -1.82. The van der Waals surface area contributed by atoms with Crippen molar-refractivity contribution in [2.75, 3.05) is 12.8 Å². The minimum absolute atomic E-state index is 0.453. The van der Waals surface area contributed by atoms with Gasteiger partial charge in [-0.05, 0) is 80.3 Å². The van der Waals surface area contributed by atoms with Crippen molar-refractivity contribution in [2.24, 2.45) is 0 Å². The van der Waals surface area contributed by atoms with Gasteiger partial charge < -0.3 is 9.94 Å². The Morgan fingerprint density at radius 3 is 1.69 bits per heavy atom. The van der Waals surface area contributed by atoms with Crippen LogP contribution >= 0.6 is 7.26 Å². The highest BCUT2D eigenvalue weighted by molar-refractivity contribution is 7.95. The molecular weight excluding hydrogens is 533 g/mol. The van der Waals surface area contributed by atoms with Gasteiger partial charge in [0.15, 0.2) is 11.8 Å². The van der Waals surface area contributed by atoms with Gasteiger partial charge in [0, 0.05) is 24.0 Å². The van der Waals surface area contributed by atoms with E-state index in [1.54, 1.807) is 6.21 Å². The summed E-state index contributed by atoms with van der Waals surface area (Å²) in [5.41, 5.74) is 1.75. The lowest BCUT2D eigenvalue weighted by Crippen LogP contribution is -2.33. The molecule has 3 nitrogen and oxygen atoms in total. The molecule has 0 saturated heterocycles. The molecule has 0 unspecified atom stereocenters. The van der Waals surface area contributed by atoms with Crippen LogP contribution in [0.3, 0.4) is 0 Å². The average molecular weight is 579 g/mol. The number of nitrogens with zero attached hydrogens (tertiary/aromatic N) is 1. The van der Waals surface area contributed by atoms with Crippen LogP contribution in [-0.2, 0) is 5.54 Å². The first-order valence-electron chi connectivity index (χ1n) is 15.8. The zero-order valence-electron chi connectivity index (χ0n) is 25.3. The molecular formula is C38H45NO2P+. The fourth-order valence-electron chi connectivity index (χ4n) is 6.59. The molecule has 5 rings (SSSR count). The SMILES string of the molecule is CCCCC1(CCCC)c2cc(OCCCC[P+](c3ccccc3)(c3ccccc3)c3ccccc3)ccc2C=[N+]1[O-]. The number of hydrogen-bond acceptors (Lipinski definition) is 2. The highest BCUT2D eigenvalue weighted by Gasteiger charge is 2.46. The molecule has 42 heavy (non-hydrogen) atoms. The van der Waals surface area contributed by atoms with Gasteiger partial charge in [0.2, 0.25) is 0 Å². The van der Waals surface area contributed by atoms with E-state index in [0.29, 0.717) is 6.61 Å². The van der Waals surface area contributed by atoms with Crippen molar-refractivity contribution < 1.29 is 9.48 Å². The van der Waals surface area contributed by atoms with Gasteiger partial charge in [-0.15, -0.1) is 0 Å². The molecule has 1 heterocycles. The van der Waals surface area contributed by atoms with E-state index in [-0.39, 0.29) is 0 Å². The summed E-state index contributed by atoms with van der Waals surface area (Å²) in [6.07, 6.45) is 11.0. The molecule has 4 heteroatoms. The predicted molar refractivity (Wildman–Crippen MR) is 181 cm³/mol. The van der Waals surface area contributed by atoms with Gasteiger partial charge in [-0.3, -0.25) is 0 Å². The van der Waals surface area contributed by atoms with E-state index in [1.807, 2.05) is 6.07 Å². The highest BCUT2D eigenvalue weighted by Crippen LogP contribution is 2.56. The van der Waals surface area contributed by atoms with Crippen molar-refractivity contribution in [2.45, 2.75) is 70.8 Å². The van der Waals surface area contributed by atoms with Gasteiger partial charge in [-0.2, -0.15) is 0 Å². The van der Waals surface area contributed by atoms with Crippen LogP contribution < -0.4 is 20.7 Å². The summed E-state index contributed by atoms with van der Waals surface area (Å²) < 4.78 is 7.62. The Labute approximate surface area is 253 Å². The second kappa shape index (κ2) is 14.2. The quantitative estimate of drug-likeness (QED) is 0.0615. The Balaban J connectivity index is 1.33. The topological polar surface area (TPSA) is 35.3 Å².